The molecular weight excluding hydrogens is 279 g/mol. The number of anilines is 1. The molecule has 0 aliphatic rings. The molecule has 0 fully saturated rings. The Hall–Kier alpha value is -2.32. The first-order valence-electron chi connectivity index (χ1n) is 5.51. The van der Waals surface area contributed by atoms with Gasteiger partial charge in [0.2, 0.25) is 0 Å². The number of carboxylic acid groups (broad SMARTS) is 1. The number of carbonyl (C=O) groups excluding carboxylic acids is 1. The Morgan fingerprint density at radius 2 is 2.00 bits per heavy atom. The fourth-order valence-electron chi connectivity index (χ4n) is 1.54. The van der Waals surface area contributed by atoms with E-state index in [0.29, 0.717) is 6.07 Å². The number of alkyl halides is 3. The van der Waals surface area contributed by atoms with Crippen LogP contribution in [-0.4, -0.2) is 35.1 Å². The molecule has 1 amide bonds. The summed E-state index contributed by atoms with van der Waals surface area (Å²) in [6.45, 7) is 0.988. The van der Waals surface area contributed by atoms with Crippen LogP contribution in [0.2, 0.25) is 0 Å². The summed E-state index contributed by atoms with van der Waals surface area (Å²) in [7, 11) is 0. The van der Waals surface area contributed by atoms with Crippen LogP contribution < -0.4 is 10.6 Å². The van der Waals surface area contributed by atoms with E-state index >= 15 is 0 Å². The third-order valence-corrected chi connectivity index (χ3v) is 2.44. The number of amides is 1. The number of nitrogens with zero attached hydrogens (tertiary/aromatic N) is 2. The van der Waals surface area contributed by atoms with E-state index in [1.54, 1.807) is 0 Å². The lowest BCUT2D eigenvalue weighted by molar-refractivity contribution is -0.141. The SMILES string of the molecule is CCN(CC(=O)O)c1nc(C(F)(F)F)ccc1C(N)=O. The van der Waals surface area contributed by atoms with Gasteiger partial charge in [-0.3, -0.25) is 9.59 Å². The Morgan fingerprint density at radius 3 is 2.40 bits per heavy atom. The zero-order valence-corrected chi connectivity index (χ0v) is 10.4. The molecule has 110 valence electrons. The molecular formula is C11H12F3N3O3. The number of carbonyl (C=O) groups is 2. The van der Waals surface area contributed by atoms with Crippen LogP contribution in [0, 0.1) is 0 Å². The molecule has 0 saturated carbocycles. The van der Waals surface area contributed by atoms with E-state index in [4.69, 9.17) is 10.8 Å². The van der Waals surface area contributed by atoms with Crippen molar-refractivity contribution in [1.82, 2.24) is 4.98 Å². The number of hydrogen-bond acceptors (Lipinski definition) is 4. The fourth-order valence-corrected chi connectivity index (χ4v) is 1.54. The van der Waals surface area contributed by atoms with Crippen molar-refractivity contribution in [2.45, 2.75) is 13.1 Å². The highest BCUT2D eigenvalue weighted by molar-refractivity contribution is 5.98. The van der Waals surface area contributed by atoms with E-state index in [9.17, 15) is 22.8 Å². The van der Waals surface area contributed by atoms with Crippen molar-refractivity contribution in [2.24, 2.45) is 5.73 Å². The third-order valence-electron chi connectivity index (χ3n) is 2.44. The van der Waals surface area contributed by atoms with Crippen molar-refractivity contribution in [3.05, 3.63) is 23.4 Å². The molecule has 1 aromatic heterocycles. The highest BCUT2D eigenvalue weighted by Gasteiger charge is 2.34. The summed E-state index contributed by atoms with van der Waals surface area (Å²) in [5.41, 5.74) is 3.58. The summed E-state index contributed by atoms with van der Waals surface area (Å²) >= 11 is 0. The Labute approximate surface area is 112 Å². The number of likely N-dealkylation sites (N-methyl/N-ethyl adjacent to an activating group) is 1. The minimum Gasteiger partial charge on any atom is -0.480 e. The molecule has 6 nitrogen and oxygen atoms in total. The van der Waals surface area contributed by atoms with Gasteiger partial charge in [-0.25, -0.2) is 4.98 Å². The zero-order chi connectivity index (χ0) is 15.5. The third kappa shape index (κ3) is 3.59. The molecule has 1 rings (SSSR count). The first-order chi connectivity index (χ1) is 9.16. The molecule has 20 heavy (non-hydrogen) atoms. The lowest BCUT2D eigenvalue weighted by atomic mass is 10.2. The van der Waals surface area contributed by atoms with Gasteiger partial charge in [0.05, 0.1) is 5.56 Å². The monoisotopic (exact) mass is 291 g/mol. The summed E-state index contributed by atoms with van der Waals surface area (Å²) in [5.74, 6) is -2.64. The molecule has 0 radical (unpaired) electrons. The van der Waals surface area contributed by atoms with E-state index < -0.39 is 36.1 Å². The summed E-state index contributed by atoms with van der Waals surface area (Å²) in [5, 5.41) is 8.73. The van der Waals surface area contributed by atoms with Crippen LogP contribution in [0.4, 0.5) is 19.0 Å². The predicted molar refractivity (Wildman–Crippen MR) is 63.3 cm³/mol. The Bertz CT molecular complexity index is 531. The van der Waals surface area contributed by atoms with Crippen LogP contribution in [0.15, 0.2) is 12.1 Å². The van der Waals surface area contributed by atoms with Gasteiger partial charge in [0.1, 0.15) is 18.1 Å². The second kappa shape index (κ2) is 5.76. The number of hydrogen-bond donors (Lipinski definition) is 2. The number of carboxylic acids is 1. The van der Waals surface area contributed by atoms with Gasteiger partial charge in [-0.05, 0) is 19.1 Å². The van der Waals surface area contributed by atoms with Gasteiger partial charge < -0.3 is 15.7 Å². The van der Waals surface area contributed by atoms with Crippen molar-refractivity contribution >= 4 is 17.7 Å². The highest BCUT2D eigenvalue weighted by atomic mass is 19.4. The van der Waals surface area contributed by atoms with Crippen LogP contribution >= 0.6 is 0 Å². The van der Waals surface area contributed by atoms with Crippen molar-refractivity contribution in [3.8, 4) is 0 Å². The minimum atomic E-state index is -4.70. The number of nitrogens with two attached hydrogens (primary N) is 1. The van der Waals surface area contributed by atoms with Crippen molar-refractivity contribution in [3.63, 3.8) is 0 Å². The first kappa shape index (κ1) is 15.7. The molecule has 0 unspecified atom stereocenters. The predicted octanol–water partition coefficient (Wildman–Crippen LogP) is 1.11. The number of rotatable bonds is 5. The topological polar surface area (TPSA) is 96.5 Å². The average molecular weight is 291 g/mol. The summed E-state index contributed by atoms with van der Waals surface area (Å²) in [6, 6.07) is 1.51. The van der Waals surface area contributed by atoms with Gasteiger partial charge in [0.15, 0.2) is 0 Å². The second-order valence-electron chi connectivity index (χ2n) is 3.84. The maximum absolute atomic E-state index is 12.6. The quantitative estimate of drug-likeness (QED) is 0.847. The van der Waals surface area contributed by atoms with E-state index in [1.807, 2.05) is 0 Å². The Balaban J connectivity index is 3.37. The van der Waals surface area contributed by atoms with Crippen LogP contribution in [0.5, 0.6) is 0 Å². The maximum atomic E-state index is 12.6. The normalized spacial score (nSPS) is 11.2. The number of primary amides is 1. The van der Waals surface area contributed by atoms with Crippen molar-refractivity contribution < 1.29 is 27.9 Å². The number of aliphatic carboxylic acids is 1. The van der Waals surface area contributed by atoms with Gasteiger partial charge in [-0.15, -0.1) is 0 Å². The van der Waals surface area contributed by atoms with Gasteiger partial charge in [-0.2, -0.15) is 13.2 Å². The first-order valence-corrected chi connectivity index (χ1v) is 5.51. The molecule has 0 spiro atoms. The van der Waals surface area contributed by atoms with Crippen LogP contribution in [-0.2, 0) is 11.0 Å². The molecule has 0 aliphatic heterocycles. The molecule has 0 saturated heterocycles. The standard InChI is InChI=1S/C11H12F3N3O3/c1-2-17(5-8(18)19)10-6(9(15)20)3-4-7(16-10)11(12,13)14/h3-4H,2,5H2,1H3,(H2,15,20)(H,18,19). The highest BCUT2D eigenvalue weighted by Crippen LogP contribution is 2.30. The average Bonchev–Trinajstić information content (AvgIpc) is 2.33. The van der Waals surface area contributed by atoms with E-state index in [0.717, 1.165) is 11.0 Å². The fraction of sp³-hybridized carbons (Fsp3) is 0.364. The Morgan fingerprint density at radius 1 is 1.40 bits per heavy atom. The van der Waals surface area contributed by atoms with E-state index in [2.05, 4.69) is 4.98 Å². The second-order valence-corrected chi connectivity index (χ2v) is 3.84. The summed E-state index contributed by atoms with van der Waals surface area (Å²) in [6.07, 6.45) is -4.70. The number of aromatic nitrogens is 1. The van der Waals surface area contributed by atoms with Gasteiger partial charge in [0.25, 0.3) is 5.91 Å². The molecule has 1 heterocycles. The summed E-state index contributed by atoms with van der Waals surface area (Å²) in [4.78, 5) is 26.3. The van der Waals surface area contributed by atoms with E-state index in [1.165, 1.54) is 6.92 Å². The lowest BCUT2D eigenvalue weighted by Gasteiger charge is -2.22. The molecule has 0 atom stereocenters. The molecule has 0 aromatic carbocycles. The molecule has 3 N–H and O–H groups in total. The maximum Gasteiger partial charge on any atom is 0.433 e. The van der Waals surface area contributed by atoms with Gasteiger partial charge in [-0.1, -0.05) is 0 Å². The minimum absolute atomic E-state index is 0.0564. The van der Waals surface area contributed by atoms with Gasteiger partial charge in [0, 0.05) is 6.54 Å². The number of pyridine rings is 1. The van der Waals surface area contributed by atoms with Crippen molar-refractivity contribution in [1.29, 1.82) is 0 Å². The lowest BCUT2D eigenvalue weighted by Crippen LogP contribution is -2.33. The van der Waals surface area contributed by atoms with Crippen LogP contribution in [0.1, 0.15) is 23.0 Å². The smallest absolute Gasteiger partial charge is 0.433 e. The van der Waals surface area contributed by atoms with Crippen LogP contribution in [0.25, 0.3) is 0 Å². The molecule has 0 aliphatic carbocycles. The zero-order valence-electron chi connectivity index (χ0n) is 10.4. The molecule has 9 heteroatoms. The van der Waals surface area contributed by atoms with Crippen LogP contribution in [0.3, 0.4) is 0 Å². The molecule has 1 aromatic rings. The largest absolute Gasteiger partial charge is 0.480 e. The Kier molecular flexibility index (Phi) is 4.53. The number of halogens is 3. The molecule has 0 bridgehead atoms. The summed E-state index contributed by atoms with van der Waals surface area (Å²) < 4.78 is 37.9. The van der Waals surface area contributed by atoms with Gasteiger partial charge >= 0.3 is 12.1 Å². The van der Waals surface area contributed by atoms with Crippen molar-refractivity contribution in [2.75, 3.05) is 18.0 Å². The van der Waals surface area contributed by atoms with E-state index in [-0.39, 0.29) is 12.1 Å².